The number of hydrogen-bond acceptors (Lipinski definition) is 5. The smallest absolute Gasteiger partial charge is 0.293 e. The van der Waals surface area contributed by atoms with Crippen LogP contribution in [-0.2, 0) is 6.61 Å². The number of nitrogens with one attached hydrogen (secondary N) is 1. The summed E-state index contributed by atoms with van der Waals surface area (Å²) in [7, 11) is 1.49. The molecule has 154 valence electrons. The number of ether oxygens (including phenoxy) is 2. The number of amides is 1. The third-order valence-electron chi connectivity index (χ3n) is 4.32. The molecule has 1 N–H and O–H groups in total. The molecule has 1 amide bonds. The van der Waals surface area contributed by atoms with Gasteiger partial charge >= 0.3 is 0 Å². The Hall–Kier alpha value is -3.14. The number of carbonyl (C=O) groups is 1. The Morgan fingerprint density at radius 1 is 1.13 bits per heavy atom. The Morgan fingerprint density at radius 2 is 1.87 bits per heavy atom. The van der Waals surface area contributed by atoms with Gasteiger partial charge in [0, 0.05) is 11.6 Å². The SMILES string of the molecule is COc1cc(C(=O)Nc2ccc(C)cc2[N+](=O)[O-])cc(I)c1OCc1ccccc1. The van der Waals surface area contributed by atoms with Crippen LogP contribution in [0.5, 0.6) is 11.5 Å². The van der Waals surface area contributed by atoms with Gasteiger partial charge in [-0.05, 0) is 58.8 Å². The number of methoxy groups -OCH3 is 1. The van der Waals surface area contributed by atoms with E-state index in [1.807, 2.05) is 30.3 Å². The maximum Gasteiger partial charge on any atom is 0.293 e. The minimum Gasteiger partial charge on any atom is -0.493 e. The molecule has 30 heavy (non-hydrogen) atoms. The lowest BCUT2D eigenvalue weighted by Gasteiger charge is -2.15. The van der Waals surface area contributed by atoms with Crippen molar-refractivity contribution in [3.05, 3.63) is 91.0 Å². The predicted octanol–water partition coefficient (Wildman–Crippen LogP) is 5.35. The molecule has 0 atom stereocenters. The van der Waals surface area contributed by atoms with Crippen molar-refractivity contribution in [2.75, 3.05) is 12.4 Å². The van der Waals surface area contributed by atoms with Crippen molar-refractivity contribution >= 4 is 39.9 Å². The molecule has 0 aliphatic carbocycles. The average molecular weight is 518 g/mol. The van der Waals surface area contributed by atoms with Gasteiger partial charge in [-0.2, -0.15) is 0 Å². The van der Waals surface area contributed by atoms with E-state index in [1.165, 1.54) is 19.2 Å². The third kappa shape index (κ3) is 5.07. The van der Waals surface area contributed by atoms with Crippen LogP contribution in [0, 0.1) is 20.6 Å². The van der Waals surface area contributed by atoms with E-state index in [1.54, 1.807) is 25.1 Å². The maximum absolute atomic E-state index is 12.8. The molecule has 3 rings (SSSR count). The highest BCUT2D eigenvalue weighted by Crippen LogP contribution is 2.35. The molecule has 0 aromatic heterocycles. The fourth-order valence-electron chi connectivity index (χ4n) is 2.81. The Labute approximate surface area is 187 Å². The molecular weight excluding hydrogens is 499 g/mol. The number of halogens is 1. The number of anilines is 1. The number of nitro groups is 1. The molecule has 0 spiro atoms. The highest BCUT2D eigenvalue weighted by molar-refractivity contribution is 14.1. The van der Waals surface area contributed by atoms with E-state index >= 15 is 0 Å². The van der Waals surface area contributed by atoms with Crippen molar-refractivity contribution in [3.63, 3.8) is 0 Å². The van der Waals surface area contributed by atoms with Gasteiger partial charge in [0.2, 0.25) is 0 Å². The first kappa shape index (κ1) is 21.6. The largest absolute Gasteiger partial charge is 0.493 e. The summed E-state index contributed by atoms with van der Waals surface area (Å²) in [5, 5.41) is 13.9. The van der Waals surface area contributed by atoms with E-state index in [4.69, 9.17) is 9.47 Å². The zero-order valence-electron chi connectivity index (χ0n) is 16.3. The highest BCUT2D eigenvalue weighted by Gasteiger charge is 2.20. The van der Waals surface area contributed by atoms with Gasteiger partial charge in [-0.1, -0.05) is 36.4 Å². The van der Waals surface area contributed by atoms with Crippen molar-refractivity contribution in [1.29, 1.82) is 0 Å². The first-order valence-corrected chi connectivity index (χ1v) is 10.1. The van der Waals surface area contributed by atoms with Crippen LogP contribution < -0.4 is 14.8 Å². The molecule has 7 nitrogen and oxygen atoms in total. The van der Waals surface area contributed by atoms with Gasteiger partial charge in [0.15, 0.2) is 11.5 Å². The molecule has 0 bridgehead atoms. The van der Waals surface area contributed by atoms with Gasteiger partial charge in [-0.3, -0.25) is 14.9 Å². The lowest BCUT2D eigenvalue weighted by Crippen LogP contribution is -2.14. The molecule has 8 heteroatoms. The second-order valence-electron chi connectivity index (χ2n) is 6.50. The van der Waals surface area contributed by atoms with Gasteiger partial charge in [0.1, 0.15) is 12.3 Å². The topological polar surface area (TPSA) is 90.7 Å². The monoisotopic (exact) mass is 518 g/mol. The minimum absolute atomic E-state index is 0.133. The molecule has 0 fully saturated rings. The van der Waals surface area contributed by atoms with E-state index in [0.717, 1.165) is 11.1 Å². The summed E-state index contributed by atoms with van der Waals surface area (Å²) in [6, 6.07) is 17.5. The van der Waals surface area contributed by atoms with E-state index in [-0.39, 0.29) is 11.4 Å². The van der Waals surface area contributed by atoms with Crippen LogP contribution in [0.1, 0.15) is 21.5 Å². The van der Waals surface area contributed by atoms with Crippen LogP contribution >= 0.6 is 22.6 Å². The highest BCUT2D eigenvalue weighted by atomic mass is 127. The predicted molar refractivity (Wildman–Crippen MR) is 122 cm³/mol. The average Bonchev–Trinajstić information content (AvgIpc) is 2.74. The molecular formula is C22H19IN2O5. The Balaban J connectivity index is 1.84. The molecule has 0 aliphatic rings. The lowest BCUT2D eigenvalue weighted by atomic mass is 10.1. The van der Waals surface area contributed by atoms with E-state index in [0.29, 0.717) is 27.2 Å². The molecule has 3 aromatic rings. The quantitative estimate of drug-likeness (QED) is 0.259. The van der Waals surface area contributed by atoms with Crippen LogP contribution in [0.4, 0.5) is 11.4 Å². The number of nitrogens with zero attached hydrogens (tertiary/aromatic N) is 1. The number of hydrogen-bond donors (Lipinski definition) is 1. The van der Waals surface area contributed by atoms with E-state index in [9.17, 15) is 14.9 Å². The first-order valence-electron chi connectivity index (χ1n) is 8.99. The molecule has 0 unspecified atom stereocenters. The third-order valence-corrected chi connectivity index (χ3v) is 5.12. The molecule has 0 radical (unpaired) electrons. The van der Waals surface area contributed by atoms with E-state index < -0.39 is 10.8 Å². The summed E-state index contributed by atoms with van der Waals surface area (Å²) in [6.45, 7) is 2.11. The van der Waals surface area contributed by atoms with Gasteiger partial charge in [0.05, 0.1) is 15.6 Å². The molecule has 0 heterocycles. The molecule has 3 aromatic carbocycles. The zero-order chi connectivity index (χ0) is 21.7. The summed E-state index contributed by atoms with van der Waals surface area (Å²) >= 11 is 2.07. The van der Waals surface area contributed by atoms with Gasteiger partial charge < -0.3 is 14.8 Å². The number of benzene rings is 3. The van der Waals surface area contributed by atoms with Crippen LogP contribution in [-0.4, -0.2) is 17.9 Å². The summed E-state index contributed by atoms with van der Waals surface area (Å²) in [5.41, 5.74) is 2.01. The first-order chi connectivity index (χ1) is 14.4. The Kier molecular flexibility index (Phi) is 6.88. The number of nitro benzene ring substituents is 1. The maximum atomic E-state index is 12.8. The summed E-state index contributed by atoms with van der Waals surface area (Å²) in [4.78, 5) is 23.5. The van der Waals surface area contributed by atoms with Crippen molar-refractivity contribution in [2.24, 2.45) is 0 Å². The van der Waals surface area contributed by atoms with Crippen molar-refractivity contribution < 1.29 is 19.2 Å². The molecule has 0 aliphatic heterocycles. The zero-order valence-corrected chi connectivity index (χ0v) is 18.5. The fourth-order valence-corrected chi connectivity index (χ4v) is 3.57. The second kappa shape index (κ2) is 9.57. The number of aryl methyl sites for hydroxylation is 1. The van der Waals surface area contributed by atoms with Gasteiger partial charge in [-0.25, -0.2) is 0 Å². The molecule has 0 saturated heterocycles. The van der Waals surface area contributed by atoms with Crippen molar-refractivity contribution in [3.8, 4) is 11.5 Å². The Bertz CT molecular complexity index is 1090. The minimum atomic E-state index is -0.520. The van der Waals surface area contributed by atoms with E-state index in [2.05, 4.69) is 27.9 Å². The Morgan fingerprint density at radius 3 is 2.53 bits per heavy atom. The van der Waals surface area contributed by atoms with Crippen LogP contribution in [0.25, 0.3) is 0 Å². The van der Waals surface area contributed by atoms with Gasteiger partial charge in [-0.15, -0.1) is 0 Å². The van der Waals surface area contributed by atoms with Crippen LogP contribution in [0.2, 0.25) is 0 Å². The van der Waals surface area contributed by atoms with Crippen molar-refractivity contribution in [2.45, 2.75) is 13.5 Å². The number of rotatable bonds is 7. The van der Waals surface area contributed by atoms with Gasteiger partial charge in [0.25, 0.3) is 11.6 Å². The van der Waals surface area contributed by atoms with Crippen LogP contribution in [0.3, 0.4) is 0 Å². The second-order valence-corrected chi connectivity index (χ2v) is 7.66. The normalized spacial score (nSPS) is 10.4. The molecule has 0 saturated carbocycles. The summed E-state index contributed by atoms with van der Waals surface area (Å²) in [6.07, 6.45) is 0. The fraction of sp³-hybridized carbons (Fsp3) is 0.136. The van der Waals surface area contributed by atoms with Crippen LogP contribution in [0.15, 0.2) is 60.7 Å². The summed E-state index contributed by atoms with van der Waals surface area (Å²) < 4.78 is 12.0. The van der Waals surface area contributed by atoms with Crippen molar-refractivity contribution in [1.82, 2.24) is 0 Å². The number of carbonyl (C=O) groups excluding carboxylic acids is 1. The summed E-state index contributed by atoms with van der Waals surface area (Å²) in [5.74, 6) is 0.453. The standard InChI is InChI=1S/C22H19IN2O5/c1-14-8-9-18(19(10-14)25(27)28)24-22(26)16-11-17(23)21(20(12-16)29-2)30-13-15-6-4-3-5-7-15/h3-12H,13H2,1-2H3,(H,24,26). The lowest BCUT2D eigenvalue weighted by molar-refractivity contribution is -0.384.